The summed E-state index contributed by atoms with van der Waals surface area (Å²) in [5, 5.41) is 9.60. The highest BCUT2D eigenvalue weighted by Gasteiger charge is 2.66. The summed E-state index contributed by atoms with van der Waals surface area (Å²) in [4.78, 5) is 21.3. The van der Waals surface area contributed by atoms with Crippen LogP contribution in [0.1, 0.15) is 72.8 Å². The lowest BCUT2D eigenvalue weighted by Gasteiger charge is -2.45. The number of carbonyl (C=O) groups is 1. The van der Waals surface area contributed by atoms with Gasteiger partial charge in [0, 0.05) is 12.5 Å². The predicted octanol–water partition coefficient (Wildman–Crippen LogP) is 4.58. The van der Waals surface area contributed by atoms with Gasteiger partial charge in [-0.15, -0.1) is 0 Å². The van der Waals surface area contributed by atoms with Crippen LogP contribution in [0.3, 0.4) is 0 Å². The van der Waals surface area contributed by atoms with Crippen molar-refractivity contribution in [3.63, 3.8) is 0 Å². The van der Waals surface area contributed by atoms with E-state index < -0.39 is 5.54 Å². The zero-order valence-electron chi connectivity index (χ0n) is 21.0. The summed E-state index contributed by atoms with van der Waals surface area (Å²) in [6.07, 6.45) is 9.60. The monoisotopic (exact) mass is 482 g/mol. The van der Waals surface area contributed by atoms with E-state index in [9.17, 15) is 10.1 Å². The van der Waals surface area contributed by atoms with Gasteiger partial charge in [-0.3, -0.25) is 9.69 Å². The van der Waals surface area contributed by atoms with Gasteiger partial charge < -0.3 is 10.5 Å². The number of methoxy groups -OCH3 is 1. The van der Waals surface area contributed by atoms with Crippen LogP contribution in [0, 0.1) is 22.7 Å². The van der Waals surface area contributed by atoms with Gasteiger partial charge in [-0.25, -0.2) is 4.99 Å². The molecule has 1 amide bonds. The molecule has 6 rings (SSSR count). The topological polar surface area (TPSA) is 91.7 Å². The number of nitrogens with two attached hydrogens (primary N) is 1. The summed E-state index contributed by atoms with van der Waals surface area (Å²) < 4.78 is 5.69. The second kappa shape index (κ2) is 8.74. The van der Waals surface area contributed by atoms with Gasteiger partial charge in [-0.2, -0.15) is 5.26 Å². The van der Waals surface area contributed by atoms with Crippen molar-refractivity contribution in [1.29, 1.82) is 5.26 Å². The largest absolute Gasteiger partial charge is 0.381 e. The molecular formula is C30H34N4O2. The van der Waals surface area contributed by atoms with Crippen molar-refractivity contribution in [3.05, 3.63) is 70.3 Å². The van der Waals surface area contributed by atoms with Crippen molar-refractivity contribution in [2.24, 2.45) is 22.1 Å². The van der Waals surface area contributed by atoms with Gasteiger partial charge in [-0.1, -0.05) is 49.2 Å². The highest BCUT2D eigenvalue weighted by atomic mass is 16.5. The van der Waals surface area contributed by atoms with Gasteiger partial charge in [0.05, 0.1) is 24.3 Å². The fourth-order valence-corrected chi connectivity index (χ4v) is 6.93. The summed E-state index contributed by atoms with van der Waals surface area (Å²) >= 11 is 0. The van der Waals surface area contributed by atoms with Crippen molar-refractivity contribution in [2.45, 2.75) is 76.0 Å². The first-order valence-corrected chi connectivity index (χ1v) is 13.3. The standard InChI is InChI=1S/C30H34N4O2/c1-36-25-12-14-29(15-13-25)17-22-11-10-21(9-8-20-6-7-20)16-26(22)30(29)27(35)34(28(32)33-30)19-24-5-3-2-4-23(24)18-31/h2-5,10-11,16,20,25H,6-9,12-15,17,19H2,1H3,(H2,32,33). The van der Waals surface area contributed by atoms with Gasteiger partial charge >= 0.3 is 0 Å². The molecule has 2 aromatic rings. The van der Waals surface area contributed by atoms with E-state index in [1.165, 1.54) is 30.4 Å². The Morgan fingerprint density at radius 1 is 1.17 bits per heavy atom. The Morgan fingerprint density at radius 3 is 2.67 bits per heavy atom. The fourth-order valence-electron chi connectivity index (χ4n) is 6.93. The van der Waals surface area contributed by atoms with Gasteiger partial charge in [0.15, 0.2) is 11.5 Å². The molecule has 6 nitrogen and oxygen atoms in total. The number of aryl methyl sites for hydroxylation is 1. The van der Waals surface area contributed by atoms with Crippen molar-refractivity contribution < 1.29 is 9.53 Å². The number of fused-ring (bicyclic) bond motifs is 3. The number of guanidine groups is 1. The van der Waals surface area contributed by atoms with Crippen molar-refractivity contribution in [1.82, 2.24) is 4.90 Å². The molecule has 6 heteroatoms. The SMILES string of the molecule is COC1CCC2(CC1)Cc1ccc(CCC3CC3)cc1C21N=C(N)N(Cc2ccccc2C#N)C1=O. The average Bonchev–Trinajstić information content (AvgIpc) is 3.66. The first-order valence-electron chi connectivity index (χ1n) is 13.3. The maximum Gasteiger partial charge on any atom is 0.262 e. The number of amides is 1. The Balaban J connectivity index is 1.41. The van der Waals surface area contributed by atoms with Gasteiger partial charge in [0.1, 0.15) is 0 Å². The molecule has 2 aromatic carbocycles. The number of benzene rings is 2. The molecule has 1 unspecified atom stereocenters. The first kappa shape index (κ1) is 23.2. The quantitative estimate of drug-likeness (QED) is 0.652. The Kier molecular flexibility index (Phi) is 5.64. The molecule has 0 saturated heterocycles. The number of aliphatic imine (C=N–C) groups is 1. The van der Waals surface area contributed by atoms with E-state index in [1.807, 2.05) is 18.2 Å². The lowest BCUT2D eigenvalue weighted by molar-refractivity contribution is -0.138. The first-order chi connectivity index (χ1) is 17.5. The minimum absolute atomic E-state index is 0.0401. The minimum atomic E-state index is -0.998. The van der Waals surface area contributed by atoms with E-state index in [1.54, 1.807) is 18.1 Å². The van der Waals surface area contributed by atoms with Crippen LogP contribution in [0.2, 0.25) is 0 Å². The highest BCUT2D eigenvalue weighted by Crippen LogP contribution is 2.62. The molecule has 1 aliphatic heterocycles. The minimum Gasteiger partial charge on any atom is -0.381 e. The normalized spacial score (nSPS) is 29.0. The Labute approximate surface area is 213 Å². The molecule has 4 aliphatic rings. The fraction of sp³-hybridized carbons (Fsp3) is 0.500. The van der Waals surface area contributed by atoms with Crippen LogP contribution in [0.25, 0.3) is 0 Å². The van der Waals surface area contributed by atoms with E-state index in [-0.39, 0.29) is 29.9 Å². The third-order valence-electron chi connectivity index (χ3n) is 9.20. The molecule has 186 valence electrons. The molecule has 0 aromatic heterocycles. The number of nitriles is 1. The number of carbonyl (C=O) groups excluding carboxylic acids is 1. The maximum atomic E-state index is 14.5. The van der Waals surface area contributed by atoms with E-state index in [4.69, 9.17) is 15.5 Å². The Hall–Kier alpha value is -3.17. The number of ether oxygens (including phenoxy) is 1. The number of hydrogen-bond acceptors (Lipinski definition) is 5. The Morgan fingerprint density at radius 2 is 1.94 bits per heavy atom. The van der Waals surface area contributed by atoms with Crippen molar-refractivity contribution in [3.8, 4) is 6.07 Å². The second-order valence-electron chi connectivity index (χ2n) is 11.2. The van der Waals surface area contributed by atoms with Crippen LogP contribution in [0.4, 0.5) is 0 Å². The summed E-state index contributed by atoms with van der Waals surface area (Å²) in [5.41, 5.74) is 10.2. The van der Waals surface area contributed by atoms with Crippen LogP contribution in [-0.2, 0) is 34.5 Å². The second-order valence-corrected chi connectivity index (χ2v) is 11.2. The van der Waals surface area contributed by atoms with Crippen LogP contribution in [0.15, 0.2) is 47.5 Å². The third-order valence-corrected chi connectivity index (χ3v) is 9.20. The molecule has 36 heavy (non-hydrogen) atoms. The van der Waals surface area contributed by atoms with E-state index in [0.29, 0.717) is 5.56 Å². The number of nitrogens with zero attached hydrogens (tertiary/aromatic N) is 3. The Bertz CT molecular complexity index is 1270. The molecule has 0 bridgehead atoms. The smallest absolute Gasteiger partial charge is 0.262 e. The van der Waals surface area contributed by atoms with Crippen LogP contribution in [-0.4, -0.2) is 30.0 Å². The molecular weight excluding hydrogens is 448 g/mol. The van der Waals surface area contributed by atoms with Gasteiger partial charge in [0.25, 0.3) is 5.91 Å². The summed E-state index contributed by atoms with van der Waals surface area (Å²) in [6.45, 7) is 0.257. The molecule has 2 saturated carbocycles. The number of rotatable bonds is 6. The molecule has 0 radical (unpaired) electrons. The summed E-state index contributed by atoms with van der Waals surface area (Å²) in [5.74, 6) is 1.08. The summed E-state index contributed by atoms with van der Waals surface area (Å²) in [7, 11) is 1.78. The van der Waals surface area contributed by atoms with Crippen molar-refractivity contribution in [2.75, 3.05) is 7.11 Å². The molecule has 1 atom stereocenters. The van der Waals surface area contributed by atoms with E-state index in [2.05, 4.69) is 24.3 Å². The zero-order valence-corrected chi connectivity index (χ0v) is 21.0. The van der Waals surface area contributed by atoms with Crippen LogP contribution >= 0.6 is 0 Å². The predicted molar refractivity (Wildman–Crippen MR) is 138 cm³/mol. The summed E-state index contributed by atoms with van der Waals surface area (Å²) in [6, 6.07) is 16.4. The number of hydrogen-bond donors (Lipinski definition) is 1. The highest BCUT2D eigenvalue weighted by molar-refractivity contribution is 6.08. The average molecular weight is 483 g/mol. The molecule has 2 fully saturated rings. The third kappa shape index (κ3) is 3.56. The zero-order chi connectivity index (χ0) is 24.9. The van der Waals surface area contributed by atoms with Gasteiger partial charge in [-0.05, 0) is 79.2 Å². The lowest BCUT2D eigenvalue weighted by Crippen LogP contribution is -2.52. The lowest BCUT2D eigenvalue weighted by atomic mass is 9.61. The van der Waals surface area contributed by atoms with Crippen LogP contribution < -0.4 is 5.73 Å². The molecule has 1 heterocycles. The van der Waals surface area contributed by atoms with E-state index in [0.717, 1.165) is 55.6 Å². The van der Waals surface area contributed by atoms with E-state index >= 15 is 0 Å². The maximum absolute atomic E-state index is 14.5. The molecule has 3 aliphatic carbocycles. The van der Waals surface area contributed by atoms with Gasteiger partial charge in [0.2, 0.25) is 0 Å². The molecule has 2 N–H and O–H groups in total. The molecule has 2 spiro atoms. The van der Waals surface area contributed by atoms with Crippen LogP contribution in [0.5, 0.6) is 0 Å². The van der Waals surface area contributed by atoms with Crippen molar-refractivity contribution >= 4 is 11.9 Å².